The van der Waals surface area contributed by atoms with Crippen LogP contribution < -0.4 is 10.1 Å². The predicted molar refractivity (Wildman–Crippen MR) is 124 cm³/mol. The molecule has 1 saturated heterocycles. The van der Waals surface area contributed by atoms with Gasteiger partial charge in [-0.1, -0.05) is 0 Å². The van der Waals surface area contributed by atoms with Crippen molar-refractivity contribution in [3.8, 4) is 16.3 Å². The van der Waals surface area contributed by atoms with Gasteiger partial charge in [-0.15, -0.1) is 11.3 Å². The van der Waals surface area contributed by atoms with Gasteiger partial charge in [0, 0.05) is 54.6 Å². The van der Waals surface area contributed by atoms with E-state index in [-0.39, 0.29) is 17.7 Å². The molecule has 4 rings (SSSR count). The molecule has 8 heteroatoms. The third-order valence-electron chi connectivity index (χ3n) is 5.40. The maximum atomic E-state index is 12.6. The van der Waals surface area contributed by atoms with Crippen molar-refractivity contribution in [1.82, 2.24) is 20.2 Å². The number of aromatic nitrogens is 2. The van der Waals surface area contributed by atoms with Crippen molar-refractivity contribution >= 4 is 23.0 Å². The van der Waals surface area contributed by atoms with E-state index >= 15 is 0 Å². The molecular formula is C24H26N4O3S. The van der Waals surface area contributed by atoms with Crippen molar-refractivity contribution in [2.45, 2.75) is 25.8 Å². The number of rotatable bonds is 9. The van der Waals surface area contributed by atoms with Crippen molar-refractivity contribution in [1.29, 1.82) is 0 Å². The highest BCUT2D eigenvalue weighted by Gasteiger charge is 2.24. The first kappa shape index (κ1) is 22.1. The summed E-state index contributed by atoms with van der Waals surface area (Å²) in [5, 5.41) is 5.70. The first-order chi connectivity index (χ1) is 15.6. The molecule has 1 amide bonds. The van der Waals surface area contributed by atoms with E-state index in [1.54, 1.807) is 36.8 Å². The lowest BCUT2D eigenvalue weighted by atomic mass is 10.1. The average molecular weight is 451 g/mol. The van der Waals surface area contributed by atoms with Gasteiger partial charge in [-0.25, -0.2) is 4.98 Å². The first-order valence-corrected chi connectivity index (χ1v) is 11.6. The minimum atomic E-state index is -0.124. The number of pyridine rings is 1. The largest absolute Gasteiger partial charge is 0.494 e. The summed E-state index contributed by atoms with van der Waals surface area (Å²) < 4.78 is 5.77. The predicted octanol–water partition coefficient (Wildman–Crippen LogP) is 3.68. The Kier molecular flexibility index (Phi) is 7.24. The van der Waals surface area contributed by atoms with E-state index in [9.17, 15) is 9.59 Å². The van der Waals surface area contributed by atoms with E-state index in [0.717, 1.165) is 48.8 Å². The van der Waals surface area contributed by atoms with Crippen molar-refractivity contribution in [3.63, 3.8) is 0 Å². The number of Topliss-reactive ketones (excluding diaryl/α,β-unsaturated/α-hetero) is 1. The van der Waals surface area contributed by atoms with Gasteiger partial charge in [0.1, 0.15) is 16.5 Å². The molecule has 3 heterocycles. The highest BCUT2D eigenvalue weighted by Crippen LogP contribution is 2.23. The van der Waals surface area contributed by atoms with Crippen LogP contribution in [0.5, 0.6) is 5.75 Å². The van der Waals surface area contributed by atoms with Crippen molar-refractivity contribution in [2.75, 3.05) is 26.2 Å². The van der Waals surface area contributed by atoms with Gasteiger partial charge in [0.2, 0.25) is 0 Å². The quantitative estimate of drug-likeness (QED) is 0.395. The Morgan fingerprint density at radius 3 is 2.84 bits per heavy atom. The standard InChI is InChI=1S/C24H26N4O3S/c1-17(29)18-5-7-21(8-6-18)31-13-3-11-28-12-9-20(15-28)26-23(30)22-16-32-24(27-22)19-4-2-10-25-14-19/h2,4-8,10,14,16,20H,3,9,11-13,15H2,1H3,(H,26,30)/t20-/m1/s1. The van der Waals surface area contributed by atoms with Gasteiger partial charge in [-0.2, -0.15) is 0 Å². The highest BCUT2D eigenvalue weighted by molar-refractivity contribution is 7.13. The SMILES string of the molecule is CC(=O)c1ccc(OCCCN2CC[C@@H](NC(=O)c3csc(-c4cccnc4)n3)C2)cc1. The molecule has 0 saturated carbocycles. The third-order valence-corrected chi connectivity index (χ3v) is 6.29. The van der Waals surface area contributed by atoms with Crippen LogP contribution in [0.15, 0.2) is 54.2 Å². The van der Waals surface area contributed by atoms with Gasteiger partial charge in [-0.05, 0) is 56.2 Å². The summed E-state index contributed by atoms with van der Waals surface area (Å²) in [7, 11) is 0. The Hall–Kier alpha value is -3.10. The topological polar surface area (TPSA) is 84.4 Å². The number of ether oxygens (including phenoxy) is 1. The van der Waals surface area contributed by atoms with Crippen LogP contribution >= 0.6 is 11.3 Å². The normalized spacial score (nSPS) is 16.1. The van der Waals surface area contributed by atoms with Crippen LogP contribution in [-0.2, 0) is 0 Å². The summed E-state index contributed by atoms with van der Waals surface area (Å²) >= 11 is 1.45. The van der Waals surface area contributed by atoms with Crippen LogP contribution in [0.4, 0.5) is 0 Å². The summed E-state index contributed by atoms with van der Waals surface area (Å²) in [6.07, 6.45) is 5.30. The Morgan fingerprint density at radius 2 is 2.09 bits per heavy atom. The van der Waals surface area contributed by atoms with Crippen molar-refractivity contribution in [3.05, 3.63) is 65.4 Å². The van der Waals surface area contributed by atoms with E-state index in [2.05, 4.69) is 20.2 Å². The number of nitrogens with zero attached hydrogens (tertiary/aromatic N) is 3. The minimum Gasteiger partial charge on any atom is -0.494 e. The summed E-state index contributed by atoms with van der Waals surface area (Å²) in [5.41, 5.74) is 2.06. The fraction of sp³-hybridized carbons (Fsp3) is 0.333. The zero-order valence-corrected chi connectivity index (χ0v) is 18.8. The fourth-order valence-electron chi connectivity index (χ4n) is 3.68. The van der Waals surface area contributed by atoms with E-state index < -0.39 is 0 Å². The molecular weight excluding hydrogens is 424 g/mol. The summed E-state index contributed by atoms with van der Waals surface area (Å²) in [4.78, 5) is 34.8. The maximum Gasteiger partial charge on any atom is 0.271 e. The fourth-order valence-corrected chi connectivity index (χ4v) is 4.47. The molecule has 1 aliphatic rings. The molecule has 166 valence electrons. The molecule has 3 aromatic rings. The van der Waals surface area contributed by atoms with Crippen molar-refractivity contribution in [2.24, 2.45) is 0 Å². The van der Waals surface area contributed by atoms with Gasteiger partial charge in [0.15, 0.2) is 5.78 Å². The molecule has 2 aromatic heterocycles. The second-order valence-corrected chi connectivity index (χ2v) is 8.68. The van der Waals surface area contributed by atoms with E-state index in [0.29, 0.717) is 17.9 Å². The molecule has 0 aliphatic carbocycles. The molecule has 0 spiro atoms. The molecule has 7 nitrogen and oxygen atoms in total. The Balaban J connectivity index is 1.17. The molecule has 1 fully saturated rings. The summed E-state index contributed by atoms with van der Waals surface area (Å²) in [5.74, 6) is 0.701. The second-order valence-electron chi connectivity index (χ2n) is 7.82. The Morgan fingerprint density at radius 1 is 1.25 bits per heavy atom. The highest BCUT2D eigenvalue weighted by atomic mass is 32.1. The molecule has 1 aliphatic heterocycles. The van der Waals surface area contributed by atoms with E-state index in [4.69, 9.17) is 4.74 Å². The van der Waals surface area contributed by atoms with Crippen LogP contribution in [0.25, 0.3) is 10.6 Å². The number of nitrogens with one attached hydrogen (secondary N) is 1. The Bertz CT molecular complexity index is 1050. The number of amides is 1. The van der Waals surface area contributed by atoms with E-state index in [1.165, 1.54) is 11.3 Å². The lowest BCUT2D eigenvalue weighted by Crippen LogP contribution is -2.37. The first-order valence-electron chi connectivity index (χ1n) is 10.7. The monoisotopic (exact) mass is 450 g/mol. The Labute approximate surface area is 191 Å². The van der Waals surface area contributed by atoms with Crippen LogP contribution in [0.1, 0.15) is 40.6 Å². The molecule has 1 aromatic carbocycles. The minimum absolute atomic E-state index is 0.0518. The van der Waals surface area contributed by atoms with Crippen LogP contribution in [0.3, 0.4) is 0 Å². The zero-order chi connectivity index (χ0) is 22.3. The number of hydrogen-bond acceptors (Lipinski definition) is 7. The summed E-state index contributed by atoms with van der Waals surface area (Å²) in [6, 6.07) is 11.2. The van der Waals surface area contributed by atoms with E-state index in [1.807, 2.05) is 24.3 Å². The zero-order valence-electron chi connectivity index (χ0n) is 18.0. The molecule has 32 heavy (non-hydrogen) atoms. The maximum absolute atomic E-state index is 12.6. The molecule has 1 N–H and O–H groups in total. The number of ketones is 1. The summed E-state index contributed by atoms with van der Waals surface area (Å²) in [6.45, 7) is 4.87. The number of hydrogen-bond donors (Lipinski definition) is 1. The van der Waals surface area contributed by atoms with Gasteiger partial charge < -0.3 is 15.0 Å². The lowest BCUT2D eigenvalue weighted by molar-refractivity contribution is 0.0932. The average Bonchev–Trinajstić information content (AvgIpc) is 3.48. The number of likely N-dealkylation sites (tertiary alicyclic amines) is 1. The van der Waals surface area contributed by atoms with Crippen LogP contribution in [0, 0.1) is 0 Å². The molecule has 0 bridgehead atoms. The van der Waals surface area contributed by atoms with Gasteiger partial charge >= 0.3 is 0 Å². The number of carbonyl (C=O) groups excluding carboxylic acids is 2. The van der Waals surface area contributed by atoms with Crippen molar-refractivity contribution < 1.29 is 14.3 Å². The molecule has 1 atom stereocenters. The van der Waals surface area contributed by atoms with Crippen LogP contribution in [-0.4, -0.2) is 58.8 Å². The molecule has 0 unspecified atom stereocenters. The number of thiazole rings is 1. The molecule has 0 radical (unpaired) electrons. The third kappa shape index (κ3) is 5.77. The van der Waals surface area contributed by atoms with Gasteiger partial charge in [0.05, 0.1) is 6.61 Å². The number of carbonyl (C=O) groups is 2. The van der Waals surface area contributed by atoms with Crippen LogP contribution in [0.2, 0.25) is 0 Å². The lowest BCUT2D eigenvalue weighted by Gasteiger charge is -2.16. The number of benzene rings is 1. The smallest absolute Gasteiger partial charge is 0.271 e. The van der Waals surface area contributed by atoms with Gasteiger partial charge in [-0.3, -0.25) is 14.6 Å². The van der Waals surface area contributed by atoms with Gasteiger partial charge in [0.25, 0.3) is 5.91 Å². The second kappa shape index (κ2) is 10.5.